The summed E-state index contributed by atoms with van der Waals surface area (Å²) in [6.45, 7) is 29.1. The second-order valence-corrected chi connectivity index (χ2v) is 57.3. The molecule has 0 rings (SSSR count). The monoisotopic (exact) mass is 1560 g/mol. The predicted molar refractivity (Wildman–Crippen MR) is 209 cm³/mol. The number of allylic oxidation sites excluding steroid dienone is 7. The van der Waals surface area contributed by atoms with Crippen LogP contribution in [0.15, 0.2) is 45.7 Å². The Hall–Kier alpha value is 2.44. The van der Waals surface area contributed by atoms with Crippen LogP contribution in [0.2, 0.25) is 0 Å². The van der Waals surface area contributed by atoms with E-state index in [0.717, 1.165) is 31.5 Å². The van der Waals surface area contributed by atoms with E-state index in [1.54, 1.807) is 6.07 Å². The maximum absolute atomic E-state index is 8.82. The maximum atomic E-state index is 8.82. The SMILES string of the molecule is C[C-]=C(C)C(C)=C(C)[C](=[W])NN.[C-]#[N+]/C=C/C#N.[C-]#[N+]CC(C#N)NN[C](=[W])C(C)=C(C)C(C)=[C-]C.[I][V]([I])[I].[I][V][I]. The number of nitrogens with one attached hydrogen (secondary N) is 3. The van der Waals surface area contributed by atoms with E-state index in [0.29, 0.717) is 9.47 Å². The van der Waals surface area contributed by atoms with Crippen LogP contribution in [-0.4, -0.2) is 20.6 Å². The molecule has 0 aromatic heterocycles. The molecule has 0 fully saturated rings. The van der Waals surface area contributed by atoms with Crippen molar-refractivity contribution in [3.63, 3.8) is 0 Å². The summed E-state index contributed by atoms with van der Waals surface area (Å²) >= 11 is 14.8. The topological polar surface area (TPSA) is 118 Å². The van der Waals surface area contributed by atoms with Gasteiger partial charge in [0, 0.05) is 6.08 Å². The van der Waals surface area contributed by atoms with Crippen LogP contribution < -0.4 is 22.1 Å². The van der Waals surface area contributed by atoms with Gasteiger partial charge in [-0.05, 0) is 0 Å². The minimum atomic E-state index is -0.487. The van der Waals surface area contributed by atoms with E-state index in [9.17, 15) is 0 Å². The van der Waals surface area contributed by atoms with Gasteiger partial charge in [-0.3, -0.25) is 0 Å². The molecule has 1 unspecified atom stereocenters. The molecule has 0 aromatic carbocycles. The molecule has 0 radical (unpaired) electrons. The van der Waals surface area contributed by atoms with Crippen LogP contribution in [0.4, 0.5) is 0 Å². The van der Waals surface area contributed by atoms with Crippen molar-refractivity contribution in [1.82, 2.24) is 16.3 Å². The Kier molecular flexibility index (Phi) is 51.8. The second-order valence-electron chi connectivity index (χ2n) is 7.17. The van der Waals surface area contributed by atoms with Crippen LogP contribution in [0.1, 0.15) is 55.4 Å². The van der Waals surface area contributed by atoms with E-state index in [1.165, 1.54) is 61.0 Å². The minimum absolute atomic E-state index is 0.148. The van der Waals surface area contributed by atoms with E-state index < -0.39 is 6.04 Å². The summed E-state index contributed by atoms with van der Waals surface area (Å²) in [4.78, 5) is 5.70. The molecule has 0 saturated carbocycles. The fraction of sp³-hybridized carbons (Fsp3) is 0.385. The fourth-order valence-corrected chi connectivity index (χ4v) is 3.23. The first-order valence-corrected chi connectivity index (χ1v) is 36.8. The number of hydrogen-bond acceptors (Lipinski definition) is 6. The fourth-order valence-electron chi connectivity index (χ4n) is 1.91. The number of hydrazine groups is 2. The third-order valence-electron chi connectivity index (χ3n) is 4.83. The van der Waals surface area contributed by atoms with Gasteiger partial charge in [0.2, 0.25) is 0 Å². The summed E-state index contributed by atoms with van der Waals surface area (Å²) in [6.07, 6.45) is 8.46. The molecule has 237 valence electrons. The van der Waals surface area contributed by atoms with Crippen molar-refractivity contribution in [3.05, 3.63) is 80.7 Å². The molecule has 17 heteroatoms. The zero-order valence-corrected chi connectivity index (χ0v) is 44.4. The van der Waals surface area contributed by atoms with Crippen LogP contribution in [0.5, 0.6) is 0 Å². The second kappa shape index (κ2) is 40.6. The van der Waals surface area contributed by atoms with Crippen molar-refractivity contribution in [2.45, 2.75) is 61.4 Å². The number of nitrogens with zero attached hydrogens (tertiary/aromatic N) is 4. The molecule has 0 aromatic rings. The van der Waals surface area contributed by atoms with E-state index >= 15 is 0 Å². The predicted octanol–water partition coefficient (Wildman–Crippen LogP) is 8.27. The van der Waals surface area contributed by atoms with E-state index in [1.807, 2.05) is 40.7 Å². The zero-order chi connectivity index (χ0) is 35.0. The molecule has 0 saturated heterocycles. The van der Waals surface area contributed by atoms with E-state index in [4.69, 9.17) is 29.5 Å². The molecule has 43 heavy (non-hydrogen) atoms. The normalized spacial score (nSPS) is 12.1. The van der Waals surface area contributed by atoms with E-state index in [-0.39, 0.29) is 11.5 Å². The summed E-state index contributed by atoms with van der Waals surface area (Å²) in [6, 6.07) is 3.22. The van der Waals surface area contributed by atoms with Crippen molar-refractivity contribution < 1.29 is 53.1 Å². The van der Waals surface area contributed by atoms with Crippen molar-refractivity contribution in [2.75, 3.05) is 6.54 Å². The first kappa shape index (κ1) is 54.9. The number of nitriles is 2. The molecule has 5 N–H and O–H groups in total. The van der Waals surface area contributed by atoms with Gasteiger partial charge in [0.05, 0.1) is 12.6 Å². The average molecular weight is 1560 g/mol. The average Bonchev–Trinajstić information content (AvgIpc) is 2.99. The number of hydrogen-bond donors (Lipinski definition) is 4. The van der Waals surface area contributed by atoms with Crippen molar-refractivity contribution in [3.8, 4) is 12.1 Å². The first-order valence-electron chi connectivity index (χ1n) is 11.4. The zero-order valence-electron chi connectivity index (χ0n) is 24.9. The van der Waals surface area contributed by atoms with Crippen LogP contribution in [-0.2, 0) is 53.1 Å². The molecule has 0 aliphatic rings. The van der Waals surface area contributed by atoms with Gasteiger partial charge in [-0.1, -0.05) is 0 Å². The van der Waals surface area contributed by atoms with Gasteiger partial charge in [-0.15, -0.1) is 0 Å². The van der Waals surface area contributed by atoms with Gasteiger partial charge in [-0.2, -0.15) is 5.26 Å². The molecule has 0 aliphatic carbocycles. The summed E-state index contributed by atoms with van der Waals surface area (Å²) < 4.78 is 2.11. The van der Waals surface area contributed by atoms with Crippen LogP contribution >= 0.6 is 99.9 Å². The molecule has 0 amide bonds. The van der Waals surface area contributed by atoms with Crippen molar-refractivity contribution in [1.29, 1.82) is 10.5 Å². The van der Waals surface area contributed by atoms with Crippen LogP contribution in [0, 0.1) is 48.0 Å². The molecule has 0 heterocycles. The molecule has 0 aliphatic heterocycles. The summed E-state index contributed by atoms with van der Waals surface area (Å²) in [5.41, 5.74) is 15.6. The third kappa shape index (κ3) is 38.8. The molecule has 1 atom stereocenters. The Balaban J connectivity index is -0.000000164. The van der Waals surface area contributed by atoms with Gasteiger partial charge in [0.15, 0.2) is 6.20 Å². The molecular weight excluding hydrogens is 1530 g/mol. The third-order valence-corrected chi connectivity index (χ3v) is 7.82. The number of nitrogens with two attached hydrogens (primary N) is 1. The Morgan fingerprint density at radius 1 is 0.953 bits per heavy atom. The van der Waals surface area contributed by atoms with Gasteiger partial charge in [0.25, 0.3) is 0 Å². The first-order chi connectivity index (χ1) is 20.1. The Morgan fingerprint density at radius 2 is 1.35 bits per heavy atom. The Labute approximate surface area is 348 Å². The van der Waals surface area contributed by atoms with Crippen molar-refractivity contribution >= 4 is 108 Å². The van der Waals surface area contributed by atoms with Crippen LogP contribution in [0.25, 0.3) is 9.69 Å². The summed E-state index contributed by atoms with van der Waals surface area (Å²) in [7, 11) is 0.628. The molecular formula is C26H34I5N8V2W2-2. The van der Waals surface area contributed by atoms with Crippen molar-refractivity contribution in [2.24, 2.45) is 5.84 Å². The Morgan fingerprint density at radius 3 is 1.60 bits per heavy atom. The molecule has 0 bridgehead atoms. The van der Waals surface area contributed by atoms with E-state index in [2.05, 4.69) is 159 Å². The summed E-state index contributed by atoms with van der Waals surface area (Å²) in [5, 5.41) is 16.5. The standard InChI is InChI=1S/C13H17N4.C9H15N2.C4H2N2.5HI.2V.2W/c1-6-10(2)12(4)11(3)8-16-17-13(7-14)9-15-5;1-5-7(2)9(4)8(3)6-11-10;1-6-4-2-3-5;;;;;;;;;/h13,16-17H,9H2,1-4H3;11H,10H2,1-4H3;2,4H;5*1H;;;;/q2*-1;;;;;;;+2;+3;;/p-5/b;;4-2+;;;;;;;;;. The summed E-state index contributed by atoms with van der Waals surface area (Å²) in [5.74, 6) is 5.32. The number of halogens is 5. The Bertz CT molecular complexity index is 1140. The quantitative estimate of drug-likeness (QED) is 0.0462. The van der Waals surface area contributed by atoms with Crippen LogP contribution in [0.3, 0.4) is 0 Å². The molecule has 0 spiro atoms. The van der Waals surface area contributed by atoms with Gasteiger partial charge in [0.1, 0.15) is 0 Å². The van der Waals surface area contributed by atoms with Gasteiger partial charge in [-0.25, -0.2) is 4.85 Å². The molecule has 8 nitrogen and oxygen atoms in total. The van der Waals surface area contributed by atoms with Gasteiger partial charge >= 0.3 is 319 Å². The number of rotatable bonds is 9. The van der Waals surface area contributed by atoms with Gasteiger partial charge < -0.3 is 0 Å².